The van der Waals surface area contributed by atoms with Gasteiger partial charge in [0.2, 0.25) is 0 Å². The molecule has 0 aromatic carbocycles. The largest absolute Gasteiger partial charge is 0.319 e. The van der Waals surface area contributed by atoms with Crippen molar-refractivity contribution in [2.45, 2.75) is 26.3 Å². The number of nitrogens with one attached hydrogen (secondary N) is 2. The second kappa shape index (κ2) is 4.42. The van der Waals surface area contributed by atoms with Crippen molar-refractivity contribution in [1.29, 1.82) is 0 Å². The van der Waals surface area contributed by atoms with E-state index in [2.05, 4.69) is 24.1 Å². The lowest BCUT2D eigenvalue weighted by Gasteiger charge is -2.09. The van der Waals surface area contributed by atoms with Gasteiger partial charge in [-0.15, -0.1) is 0 Å². The van der Waals surface area contributed by atoms with Gasteiger partial charge in [0.1, 0.15) is 0 Å². The zero-order valence-corrected chi connectivity index (χ0v) is 8.20. The second-order valence-corrected chi connectivity index (χ2v) is 3.80. The van der Waals surface area contributed by atoms with Crippen LogP contribution in [0.4, 0.5) is 0 Å². The lowest BCUT2D eigenvalue weighted by Crippen LogP contribution is -2.18. The van der Waals surface area contributed by atoms with Gasteiger partial charge in [-0.1, -0.05) is 18.3 Å². The summed E-state index contributed by atoms with van der Waals surface area (Å²) >= 11 is 1.27. The normalized spacial score (nSPS) is 13.2. The van der Waals surface area contributed by atoms with Crippen molar-refractivity contribution < 1.29 is 0 Å². The van der Waals surface area contributed by atoms with Gasteiger partial charge >= 0.3 is 4.87 Å². The fourth-order valence-corrected chi connectivity index (χ4v) is 1.68. The van der Waals surface area contributed by atoms with E-state index in [9.17, 15) is 4.79 Å². The first-order valence-corrected chi connectivity index (χ1v) is 4.97. The molecule has 0 saturated carbocycles. The van der Waals surface area contributed by atoms with Crippen LogP contribution in [0.2, 0.25) is 0 Å². The van der Waals surface area contributed by atoms with Crippen molar-refractivity contribution in [2.75, 3.05) is 6.54 Å². The fourth-order valence-electron chi connectivity index (χ4n) is 0.971. The highest BCUT2D eigenvalue weighted by molar-refractivity contribution is 7.09. The van der Waals surface area contributed by atoms with Crippen LogP contribution < -0.4 is 10.2 Å². The minimum Gasteiger partial charge on any atom is -0.319 e. The number of aromatic nitrogens is 1. The Bertz CT molecular complexity index is 279. The van der Waals surface area contributed by atoms with Crippen LogP contribution in [0.1, 0.15) is 31.2 Å². The topological polar surface area (TPSA) is 44.9 Å². The Kier molecular flexibility index (Phi) is 3.49. The van der Waals surface area contributed by atoms with Crippen molar-refractivity contribution in [2.24, 2.45) is 0 Å². The lowest BCUT2D eigenvalue weighted by molar-refractivity contribution is 0.577. The van der Waals surface area contributed by atoms with Crippen LogP contribution in [0.15, 0.2) is 11.0 Å². The summed E-state index contributed by atoms with van der Waals surface area (Å²) in [6, 6.07) is 0.286. The summed E-state index contributed by atoms with van der Waals surface area (Å²) in [5, 5.41) is 3.31. The van der Waals surface area contributed by atoms with Crippen LogP contribution in [0.5, 0.6) is 0 Å². The van der Waals surface area contributed by atoms with Crippen molar-refractivity contribution in [1.82, 2.24) is 10.3 Å². The third kappa shape index (κ3) is 2.46. The molecule has 0 bridgehead atoms. The van der Waals surface area contributed by atoms with Crippen molar-refractivity contribution in [3.63, 3.8) is 0 Å². The maximum Gasteiger partial charge on any atom is 0.304 e. The molecule has 0 aliphatic carbocycles. The molecule has 0 saturated heterocycles. The van der Waals surface area contributed by atoms with Crippen molar-refractivity contribution in [3.05, 3.63) is 20.7 Å². The molecule has 1 aromatic rings. The van der Waals surface area contributed by atoms with E-state index in [1.165, 1.54) is 11.3 Å². The van der Waals surface area contributed by atoms with E-state index in [0.29, 0.717) is 0 Å². The monoisotopic (exact) mass is 186 g/mol. The molecule has 0 fully saturated rings. The predicted molar refractivity (Wildman–Crippen MR) is 51.6 cm³/mol. The standard InChI is InChI=1S/C8H14N2OS/c1-3-4-9-6(2)7-5-10-8(11)12-7/h5-6,9H,3-4H2,1-2H3,(H,10,11). The van der Waals surface area contributed by atoms with Gasteiger partial charge in [0.25, 0.3) is 0 Å². The Morgan fingerprint density at radius 2 is 2.50 bits per heavy atom. The lowest BCUT2D eigenvalue weighted by atomic mass is 10.3. The second-order valence-electron chi connectivity index (χ2n) is 2.76. The number of thiazole rings is 1. The highest BCUT2D eigenvalue weighted by Crippen LogP contribution is 2.12. The van der Waals surface area contributed by atoms with E-state index in [1.807, 2.05) is 0 Å². The molecular formula is C8H14N2OS. The van der Waals surface area contributed by atoms with Gasteiger partial charge in [0.05, 0.1) is 0 Å². The van der Waals surface area contributed by atoms with Crippen LogP contribution in [0.25, 0.3) is 0 Å². The fraction of sp³-hybridized carbons (Fsp3) is 0.625. The quantitative estimate of drug-likeness (QED) is 0.748. The Morgan fingerprint density at radius 1 is 1.75 bits per heavy atom. The minimum atomic E-state index is 0.0233. The Labute approximate surface area is 75.8 Å². The highest BCUT2D eigenvalue weighted by atomic mass is 32.1. The molecule has 2 N–H and O–H groups in total. The smallest absolute Gasteiger partial charge is 0.304 e. The summed E-state index contributed by atoms with van der Waals surface area (Å²) in [5.41, 5.74) is 0. The average Bonchev–Trinajstić information content (AvgIpc) is 2.47. The third-order valence-electron chi connectivity index (χ3n) is 1.67. The van der Waals surface area contributed by atoms with E-state index < -0.39 is 0 Å². The zero-order chi connectivity index (χ0) is 8.97. The highest BCUT2D eigenvalue weighted by Gasteiger charge is 2.05. The third-order valence-corrected chi connectivity index (χ3v) is 2.68. The van der Waals surface area contributed by atoms with E-state index in [0.717, 1.165) is 17.8 Å². The zero-order valence-electron chi connectivity index (χ0n) is 7.39. The van der Waals surface area contributed by atoms with E-state index >= 15 is 0 Å². The number of aromatic amines is 1. The van der Waals surface area contributed by atoms with Crippen LogP contribution in [0, 0.1) is 0 Å². The van der Waals surface area contributed by atoms with Gasteiger partial charge in [-0.3, -0.25) is 4.79 Å². The summed E-state index contributed by atoms with van der Waals surface area (Å²) in [6.07, 6.45) is 2.89. The number of H-pyrrole nitrogens is 1. The Morgan fingerprint density at radius 3 is 3.00 bits per heavy atom. The van der Waals surface area contributed by atoms with Gasteiger partial charge in [0, 0.05) is 17.1 Å². The molecule has 4 heteroatoms. The molecule has 12 heavy (non-hydrogen) atoms. The molecule has 68 valence electrons. The summed E-state index contributed by atoms with van der Waals surface area (Å²) in [6.45, 7) is 5.18. The minimum absolute atomic E-state index is 0.0233. The van der Waals surface area contributed by atoms with Crippen molar-refractivity contribution >= 4 is 11.3 Å². The summed E-state index contributed by atoms with van der Waals surface area (Å²) < 4.78 is 0. The van der Waals surface area contributed by atoms with Crippen LogP contribution in [0.3, 0.4) is 0 Å². The summed E-state index contributed by atoms with van der Waals surface area (Å²) in [5.74, 6) is 0. The van der Waals surface area contributed by atoms with Crippen molar-refractivity contribution in [3.8, 4) is 0 Å². The van der Waals surface area contributed by atoms with Gasteiger partial charge in [-0.05, 0) is 19.9 Å². The SMILES string of the molecule is CCCNC(C)c1c[nH]c(=O)s1. The molecule has 1 atom stereocenters. The molecule has 1 rings (SSSR count). The number of rotatable bonds is 4. The van der Waals surface area contributed by atoms with Gasteiger partial charge in [-0.2, -0.15) is 0 Å². The van der Waals surface area contributed by atoms with Gasteiger partial charge in [-0.25, -0.2) is 0 Å². The average molecular weight is 186 g/mol. The molecule has 1 heterocycles. The molecule has 1 aromatic heterocycles. The van der Waals surface area contributed by atoms with E-state index in [4.69, 9.17) is 0 Å². The Hall–Kier alpha value is -0.610. The Balaban J connectivity index is 2.53. The molecule has 0 aliphatic rings. The first kappa shape index (κ1) is 9.48. The molecule has 3 nitrogen and oxygen atoms in total. The first-order valence-electron chi connectivity index (χ1n) is 4.16. The molecular weight excluding hydrogens is 172 g/mol. The van der Waals surface area contributed by atoms with E-state index in [1.54, 1.807) is 6.20 Å². The number of hydrogen-bond donors (Lipinski definition) is 2. The molecule has 0 amide bonds. The molecule has 0 radical (unpaired) electrons. The molecule has 0 aliphatic heterocycles. The molecule has 0 spiro atoms. The summed E-state index contributed by atoms with van der Waals surface area (Å²) in [4.78, 5) is 14.6. The van der Waals surface area contributed by atoms with E-state index in [-0.39, 0.29) is 10.9 Å². The summed E-state index contributed by atoms with van der Waals surface area (Å²) in [7, 11) is 0. The van der Waals surface area contributed by atoms with Crippen LogP contribution >= 0.6 is 11.3 Å². The van der Waals surface area contributed by atoms with Crippen LogP contribution in [-0.4, -0.2) is 11.5 Å². The maximum absolute atomic E-state index is 10.8. The first-order chi connectivity index (χ1) is 5.74. The predicted octanol–water partition coefficient (Wildman–Crippen LogP) is 1.50. The number of hydrogen-bond acceptors (Lipinski definition) is 3. The van der Waals surface area contributed by atoms with Gasteiger partial charge < -0.3 is 10.3 Å². The molecule has 1 unspecified atom stereocenters. The maximum atomic E-state index is 10.8. The van der Waals surface area contributed by atoms with Gasteiger partial charge in [0.15, 0.2) is 0 Å². The van der Waals surface area contributed by atoms with Crippen LogP contribution in [-0.2, 0) is 0 Å².